The molecule has 1 aromatic rings. The molecule has 0 spiro atoms. The van der Waals surface area contributed by atoms with E-state index in [4.69, 9.17) is 6.42 Å². The van der Waals surface area contributed by atoms with Gasteiger partial charge in [-0.15, -0.1) is 12.3 Å². The standard InChI is InChI=1S/C14H18BrN/c1-4-7-14(16-10-5-2)12-8-6-9-13(15)11(12)3/h1,6,8-9,14,16H,5,7,10H2,2-3H3. The second-order valence-electron chi connectivity index (χ2n) is 3.87. The molecule has 0 aliphatic carbocycles. The van der Waals surface area contributed by atoms with Crippen molar-refractivity contribution in [1.82, 2.24) is 5.32 Å². The van der Waals surface area contributed by atoms with Crippen LogP contribution in [0.25, 0.3) is 0 Å². The van der Waals surface area contributed by atoms with Crippen LogP contribution in [0.4, 0.5) is 0 Å². The van der Waals surface area contributed by atoms with Crippen molar-refractivity contribution in [1.29, 1.82) is 0 Å². The van der Waals surface area contributed by atoms with Crippen molar-refractivity contribution in [2.24, 2.45) is 0 Å². The zero-order chi connectivity index (χ0) is 12.0. The van der Waals surface area contributed by atoms with Gasteiger partial charge in [-0.2, -0.15) is 0 Å². The first kappa shape index (κ1) is 13.3. The first-order valence-corrected chi connectivity index (χ1v) is 6.41. The molecule has 1 unspecified atom stereocenters. The third kappa shape index (κ3) is 3.37. The Kier molecular flexibility index (Phi) is 5.59. The van der Waals surface area contributed by atoms with Crippen LogP contribution < -0.4 is 5.32 Å². The van der Waals surface area contributed by atoms with Gasteiger partial charge in [0.2, 0.25) is 0 Å². The molecule has 1 aromatic carbocycles. The van der Waals surface area contributed by atoms with E-state index in [0.717, 1.165) is 23.9 Å². The maximum Gasteiger partial charge on any atom is 0.0433 e. The average molecular weight is 280 g/mol. The zero-order valence-electron chi connectivity index (χ0n) is 9.89. The first-order valence-electron chi connectivity index (χ1n) is 5.62. The fourth-order valence-electron chi connectivity index (χ4n) is 1.73. The molecule has 1 nitrogen and oxygen atoms in total. The molecule has 0 amide bonds. The van der Waals surface area contributed by atoms with E-state index >= 15 is 0 Å². The Morgan fingerprint density at radius 1 is 1.50 bits per heavy atom. The fraction of sp³-hybridized carbons (Fsp3) is 0.429. The lowest BCUT2D eigenvalue weighted by molar-refractivity contribution is 0.540. The molecule has 0 radical (unpaired) electrons. The Bertz CT molecular complexity index is 379. The van der Waals surface area contributed by atoms with Crippen molar-refractivity contribution >= 4 is 15.9 Å². The minimum Gasteiger partial charge on any atom is -0.309 e. The van der Waals surface area contributed by atoms with Gasteiger partial charge >= 0.3 is 0 Å². The van der Waals surface area contributed by atoms with Gasteiger partial charge in [0, 0.05) is 16.9 Å². The summed E-state index contributed by atoms with van der Waals surface area (Å²) >= 11 is 3.55. The van der Waals surface area contributed by atoms with Crippen LogP contribution in [-0.2, 0) is 0 Å². The van der Waals surface area contributed by atoms with Gasteiger partial charge in [-0.05, 0) is 37.1 Å². The Balaban J connectivity index is 2.92. The molecule has 1 rings (SSSR count). The molecule has 0 heterocycles. The molecular weight excluding hydrogens is 262 g/mol. The largest absolute Gasteiger partial charge is 0.309 e. The zero-order valence-corrected chi connectivity index (χ0v) is 11.5. The fourth-order valence-corrected chi connectivity index (χ4v) is 2.11. The monoisotopic (exact) mass is 279 g/mol. The quantitative estimate of drug-likeness (QED) is 0.808. The molecule has 1 atom stereocenters. The molecule has 0 saturated carbocycles. The van der Waals surface area contributed by atoms with E-state index in [0.29, 0.717) is 0 Å². The van der Waals surface area contributed by atoms with Crippen molar-refractivity contribution < 1.29 is 0 Å². The Labute approximate surface area is 107 Å². The minimum absolute atomic E-state index is 0.266. The van der Waals surface area contributed by atoms with Gasteiger partial charge in [-0.25, -0.2) is 0 Å². The number of terminal acetylenes is 1. The lowest BCUT2D eigenvalue weighted by atomic mass is 9.99. The van der Waals surface area contributed by atoms with E-state index in [9.17, 15) is 0 Å². The summed E-state index contributed by atoms with van der Waals surface area (Å²) in [5, 5.41) is 3.49. The number of rotatable bonds is 5. The van der Waals surface area contributed by atoms with E-state index in [1.165, 1.54) is 11.1 Å². The molecule has 0 aliphatic heterocycles. The molecule has 1 N–H and O–H groups in total. The van der Waals surface area contributed by atoms with E-state index in [-0.39, 0.29) is 6.04 Å². The topological polar surface area (TPSA) is 12.0 Å². The van der Waals surface area contributed by atoms with Crippen molar-refractivity contribution in [2.45, 2.75) is 32.7 Å². The molecule has 0 aromatic heterocycles. The molecule has 2 heteroatoms. The van der Waals surface area contributed by atoms with Crippen molar-refractivity contribution in [3.05, 3.63) is 33.8 Å². The van der Waals surface area contributed by atoms with Crippen LogP contribution >= 0.6 is 15.9 Å². The van der Waals surface area contributed by atoms with Gasteiger partial charge in [0.25, 0.3) is 0 Å². The van der Waals surface area contributed by atoms with Gasteiger partial charge in [-0.3, -0.25) is 0 Å². The summed E-state index contributed by atoms with van der Waals surface area (Å²) in [4.78, 5) is 0. The van der Waals surface area contributed by atoms with Gasteiger partial charge < -0.3 is 5.32 Å². The number of hydrogen-bond donors (Lipinski definition) is 1. The third-order valence-corrected chi connectivity index (χ3v) is 3.51. The highest BCUT2D eigenvalue weighted by molar-refractivity contribution is 9.10. The molecule has 0 saturated heterocycles. The van der Waals surface area contributed by atoms with Crippen LogP contribution in [0.15, 0.2) is 22.7 Å². The highest BCUT2D eigenvalue weighted by Gasteiger charge is 2.12. The third-order valence-electron chi connectivity index (χ3n) is 2.65. The average Bonchev–Trinajstić information content (AvgIpc) is 2.28. The number of halogens is 1. The summed E-state index contributed by atoms with van der Waals surface area (Å²) in [7, 11) is 0. The molecule has 0 bridgehead atoms. The minimum atomic E-state index is 0.266. The number of hydrogen-bond acceptors (Lipinski definition) is 1. The summed E-state index contributed by atoms with van der Waals surface area (Å²) in [6.45, 7) is 5.28. The Morgan fingerprint density at radius 2 is 2.25 bits per heavy atom. The summed E-state index contributed by atoms with van der Waals surface area (Å²) < 4.78 is 1.14. The highest BCUT2D eigenvalue weighted by atomic mass is 79.9. The lowest BCUT2D eigenvalue weighted by Crippen LogP contribution is -2.22. The predicted molar refractivity (Wildman–Crippen MR) is 73.4 cm³/mol. The predicted octanol–water partition coefficient (Wildman–Crippen LogP) is 3.82. The van der Waals surface area contributed by atoms with Gasteiger partial charge in [0.05, 0.1) is 0 Å². The Hall–Kier alpha value is -0.780. The normalized spacial score (nSPS) is 12.1. The summed E-state index contributed by atoms with van der Waals surface area (Å²) in [5.41, 5.74) is 2.56. The van der Waals surface area contributed by atoms with Gasteiger partial charge in [-0.1, -0.05) is 35.0 Å². The maximum atomic E-state index is 5.42. The van der Waals surface area contributed by atoms with Crippen LogP contribution in [0.5, 0.6) is 0 Å². The number of nitrogens with one attached hydrogen (secondary N) is 1. The van der Waals surface area contributed by atoms with Crippen molar-refractivity contribution in [3.8, 4) is 12.3 Å². The number of benzene rings is 1. The molecule has 16 heavy (non-hydrogen) atoms. The van der Waals surface area contributed by atoms with E-state index in [1.54, 1.807) is 0 Å². The summed E-state index contributed by atoms with van der Waals surface area (Å²) in [6, 6.07) is 6.53. The first-order chi connectivity index (χ1) is 7.70. The lowest BCUT2D eigenvalue weighted by Gasteiger charge is -2.19. The van der Waals surface area contributed by atoms with Crippen LogP contribution in [0.2, 0.25) is 0 Å². The van der Waals surface area contributed by atoms with Gasteiger partial charge in [0.15, 0.2) is 0 Å². The van der Waals surface area contributed by atoms with Gasteiger partial charge in [0.1, 0.15) is 0 Å². The summed E-state index contributed by atoms with van der Waals surface area (Å²) in [6.07, 6.45) is 7.28. The second kappa shape index (κ2) is 6.73. The van der Waals surface area contributed by atoms with E-state index in [2.05, 4.69) is 59.2 Å². The van der Waals surface area contributed by atoms with Crippen LogP contribution in [0.1, 0.15) is 36.9 Å². The second-order valence-corrected chi connectivity index (χ2v) is 4.72. The van der Waals surface area contributed by atoms with E-state index in [1.807, 2.05) is 0 Å². The Morgan fingerprint density at radius 3 is 2.88 bits per heavy atom. The smallest absolute Gasteiger partial charge is 0.0433 e. The SMILES string of the molecule is C#CCC(NCCC)c1cccc(Br)c1C. The molecule has 0 fully saturated rings. The molecule has 0 aliphatic rings. The molecule has 86 valence electrons. The van der Waals surface area contributed by atoms with Crippen molar-refractivity contribution in [3.63, 3.8) is 0 Å². The van der Waals surface area contributed by atoms with Crippen LogP contribution in [0.3, 0.4) is 0 Å². The highest BCUT2D eigenvalue weighted by Crippen LogP contribution is 2.26. The van der Waals surface area contributed by atoms with Crippen LogP contribution in [0, 0.1) is 19.3 Å². The molecular formula is C14H18BrN. The maximum absolute atomic E-state index is 5.42. The summed E-state index contributed by atoms with van der Waals surface area (Å²) in [5.74, 6) is 2.74. The van der Waals surface area contributed by atoms with Crippen molar-refractivity contribution in [2.75, 3.05) is 6.54 Å². The van der Waals surface area contributed by atoms with E-state index < -0.39 is 0 Å². The van der Waals surface area contributed by atoms with Crippen LogP contribution in [-0.4, -0.2) is 6.54 Å².